The number of nitrogens with one attached hydrogen (secondary N) is 6. The second-order valence-corrected chi connectivity index (χ2v) is 21.1. The Morgan fingerprint density at radius 2 is 1.44 bits per heavy atom. The number of primary amides is 1. The lowest BCUT2D eigenvalue weighted by Gasteiger charge is -2.44. The standard InChI is InChI=1S/C55H77N9O17/c1-7-27(2)42-55(80)81-30(5)44(61-47(72)36(21-23-40(56)70)57-50(75)43(28(3)65)60-49(74)39(69)26-32-13-17-34(67)18-14-32)51(76)62-45(33-15-19-35(68)20-16-33)52(77)58-37-22-24-41(71)64(53(37)78)46(29(4)66)54(79)63(6)38(48(73)59-42)25-31-11-9-8-10-12-31/h8-15,17-19,27-30,33,35-39,41-46,65-69,71H,7,16,20-26H2,1-6H3,(H2,56,70)(H,57,75)(H,58,77)(H,59,73)(H,60,74)(H,61,72)(H,62,76)/t27-,28+,29+,30+,33?,35?,36-,37-,38-,39+,41+,42-,43-,44?,45?,46?/m0/s1. The Hall–Kier alpha value is -7.52. The maximum absolute atomic E-state index is 15.0. The summed E-state index contributed by atoms with van der Waals surface area (Å²) in [7, 11) is 1.25. The minimum Gasteiger partial charge on any atom is -0.508 e. The highest BCUT2D eigenvalue weighted by Crippen LogP contribution is 2.27. The fraction of sp³-hybridized carbons (Fsp3) is 0.564. The predicted octanol–water partition coefficient (Wildman–Crippen LogP) is -3.07. The van der Waals surface area contributed by atoms with Gasteiger partial charge in [0.15, 0.2) is 0 Å². The van der Waals surface area contributed by atoms with Crippen LogP contribution in [-0.2, 0) is 65.5 Å². The predicted molar refractivity (Wildman–Crippen MR) is 287 cm³/mol. The number of fused-ring (bicyclic) bond motifs is 2. The number of ether oxygens (including phenoxy) is 1. The van der Waals surface area contributed by atoms with E-state index in [1.165, 1.54) is 57.3 Å². The van der Waals surface area contributed by atoms with Gasteiger partial charge in [0.2, 0.25) is 53.2 Å². The molecule has 2 saturated heterocycles. The lowest BCUT2D eigenvalue weighted by Crippen LogP contribution is -2.67. The van der Waals surface area contributed by atoms with Gasteiger partial charge in [0.05, 0.1) is 18.3 Å². The summed E-state index contributed by atoms with van der Waals surface area (Å²) in [5.41, 5.74) is 6.43. The normalized spacial score (nSPS) is 27.4. The highest BCUT2D eigenvalue weighted by Gasteiger charge is 2.48. The molecule has 0 radical (unpaired) electrons. The van der Waals surface area contributed by atoms with Gasteiger partial charge >= 0.3 is 5.97 Å². The molecule has 81 heavy (non-hydrogen) atoms. The minimum absolute atomic E-state index is 0.0719. The molecule has 5 unspecified atom stereocenters. The third-order valence-electron chi connectivity index (χ3n) is 14.8. The van der Waals surface area contributed by atoms with Gasteiger partial charge in [-0.15, -0.1) is 0 Å². The maximum atomic E-state index is 15.0. The summed E-state index contributed by atoms with van der Waals surface area (Å²) in [6, 6.07) is 0.401. The van der Waals surface area contributed by atoms with Crippen molar-refractivity contribution in [2.75, 3.05) is 7.05 Å². The van der Waals surface area contributed by atoms with Crippen molar-refractivity contribution in [1.29, 1.82) is 0 Å². The first kappa shape index (κ1) is 64.3. The minimum atomic E-state index is -2.01. The van der Waals surface area contributed by atoms with Crippen LogP contribution in [0.2, 0.25) is 0 Å². The molecule has 0 spiro atoms. The number of esters is 1. The van der Waals surface area contributed by atoms with E-state index in [4.69, 9.17) is 10.5 Å². The number of nitrogens with two attached hydrogens (primary N) is 1. The van der Waals surface area contributed by atoms with E-state index in [9.17, 15) is 78.6 Å². The average Bonchev–Trinajstić information content (AvgIpc) is 3.42. The summed E-state index contributed by atoms with van der Waals surface area (Å²) in [6.07, 6.45) is -8.19. The zero-order valence-corrected chi connectivity index (χ0v) is 46.1. The van der Waals surface area contributed by atoms with Crippen LogP contribution in [0.3, 0.4) is 0 Å². The topological polar surface area (TPSA) is 406 Å². The molecule has 26 nitrogen and oxygen atoms in total. The SMILES string of the molecule is CC[C@H](C)[C@@H]1NC(=O)[C@H](Cc2ccccc2)N(C)C(=O)C([C@@H](C)O)N2C(=O)[C@H](CC[C@H]2O)NC(=O)C(C2C=CC(O)CC2)NC(=O)C(NC(=O)[C@H](CCC(N)=O)NC(=O)[C@@H](NC(=O)[C@H](O)Cc2ccc(O)cc2)[C@@H](C)O)[C@@H](C)OC1=O. The zero-order valence-electron chi connectivity index (χ0n) is 46.1. The van der Waals surface area contributed by atoms with Gasteiger partial charge < -0.3 is 82.8 Å². The Morgan fingerprint density at radius 3 is 2.04 bits per heavy atom. The molecule has 2 aromatic carbocycles. The summed E-state index contributed by atoms with van der Waals surface area (Å²) in [4.78, 5) is 144. The lowest BCUT2D eigenvalue weighted by atomic mass is 9.87. The molecular weight excluding hydrogens is 1060 g/mol. The fourth-order valence-electron chi connectivity index (χ4n) is 9.81. The fourth-order valence-corrected chi connectivity index (χ4v) is 9.81. The van der Waals surface area contributed by atoms with Crippen molar-refractivity contribution < 1.29 is 83.3 Å². The van der Waals surface area contributed by atoms with Gasteiger partial charge in [-0.05, 0) is 82.1 Å². The van der Waals surface area contributed by atoms with E-state index >= 15 is 0 Å². The number of phenolic OH excluding ortho intramolecular Hbond substituents is 1. The third kappa shape index (κ3) is 17.2. The summed E-state index contributed by atoms with van der Waals surface area (Å²) in [5, 5.41) is 79.0. The van der Waals surface area contributed by atoms with E-state index in [1.54, 1.807) is 44.2 Å². The van der Waals surface area contributed by atoms with Gasteiger partial charge in [0.1, 0.15) is 72.5 Å². The average molecular weight is 1140 g/mol. The number of hydrogen-bond acceptors (Lipinski definition) is 17. The Labute approximate surface area is 468 Å². The molecule has 0 saturated carbocycles. The van der Waals surface area contributed by atoms with Crippen molar-refractivity contribution in [2.24, 2.45) is 17.6 Å². The van der Waals surface area contributed by atoms with Crippen molar-refractivity contribution in [3.05, 3.63) is 77.9 Å². The van der Waals surface area contributed by atoms with Crippen LogP contribution in [0.4, 0.5) is 0 Å². The van der Waals surface area contributed by atoms with Crippen molar-refractivity contribution in [1.82, 2.24) is 41.7 Å². The number of aliphatic hydroxyl groups excluding tert-OH is 5. The second kappa shape index (κ2) is 29.3. The van der Waals surface area contributed by atoms with Gasteiger partial charge in [-0.1, -0.05) is 74.9 Å². The van der Waals surface area contributed by atoms with Crippen molar-refractivity contribution in [3.8, 4) is 5.75 Å². The van der Waals surface area contributed by atoms with Crippen molar-refractivity contribution in [2.45, 2.75) is 177 Å². The third-order valence-corrected chi connectivity index (χ3v) is 14.8. The lowest BCUT2D eigenvalue weighted by molar-refractivity contribution is -0.170. The number of aromatic hydroxyl groups is 1. The zero-order chi connectivity index (χ0) is 60.0. The number of hydrogen-bond donors (Lipinski definition) is 13. The van der Waals surface area contributed by atoms with Crippen LogP contribution in [0.1, 0.15) is 90.7 Å². The Balaban J connectivity index is 1.58. The number of aliphatic hydroxyl groups is 5. The van der Waals surface area contributed by atoms with Crippen molar-refractivity contribution >= 4 is 59.1 Å². The van der Waals surface area contributed by atoms with Gasteiger partial charge in [-0.2, -0.15) is 0 Å². The molecule has 444 valence electrons. The molecule has 2 heterocycles. The Morgan fingerprint density at radius 1 is 0.778 bits per heavy atom. The monoisotopic (exact) mass is 1140 g/mol. The van der Waals surface area contributed by atoms with E-state index in [0.717, 1.165) is 16.7 Å². The van der Waals surface area contributed by atoms with E-state index in [-0.39, 0.29) is 50.7 Å². The van der Waals surface area contributed by atoms with E-state index < -0.39 is 169 Å². The number of phenols is 1. The molecule has 2 fully saturated rings. The van der Waals surface area contributed by atoms with Crippen LogP contribution >= 0.6 is 0 Å². The molecule has 5 rings (SSSR count). The van der Waals surface area contributed by atoms with Crippen LogP contribution < -0.4 is 37.6 Å². The van der Waals surface area contributed by atoms with Gasteiger partial charge in [-0.3, -0.25) is 43.2 Å². The quantitative estimate of drug-likeness (QED) is 0.0520. The second-order valence-electron chi connectivity index (χ2n) is 21.1. The molecule has 2 aliphatic heterocycles. The number of amides is 9. The van der Waals surface area contributed by atoms with Crippen LogP contribution in [0.15, 0.2) is 66.7 Å². The summed E-state index contributed by atoms with van der Waals surface area (Å²) >= 11 is 0. The van der Waals surface area contributed by atoms with E-state index in [1.807, 2.05) is 0 Å². The Bertz CT molecular complexity index is 2600. The largest absolute Gasteiger partial charge is 0.508 e. The number of carbonyl (C=O) groups is 10. The summed E-state index contributed by atoms with van der Waals surface area (Å²) in [6.45, 7) is 6.84. The van der Waals surface area contributed by atoms with Gasteiger partial charge in [0, 0.05) is 32.2 Å². The van der Waals surface area contributed by atoms with Gasteiger partial charge in [-0.25, -0.2) is 4.79 Å². The molecule has 14 N–H and O–H groups in total. The first-order chi connectivity index (χ1) is 38.2. The molecule has 26 heteroatoms. The number of nitrogens with zero attached hydrogens (tertiary/aromatic N) is 2. The highest BCUT2D eigenvalue weighted by molar-refractivity contribution is 5.99. The first-order valence-electron chi connectivity index (χ1n) is 27.0. The number of likely N-dealkylation sites (N-methyl/N-ethyl adjacent to an activating group) is 1. The first-order valence-corrected chi connectivity index (χ1v) is 27.0. The summed E-state index contributed by atoms with van der Waals surface area (Å²) < 4.78 is 5.93. The molecule has 2 aromatic rings. The molecule has 2 bridgehead atoms. The number of cyclic esters (lactones) is 1. The van der Waals surface area contributed by atoms with Crippen LogP contribution in [0.25, 0.3) is 0 Å². The van der Waals surface area contributed by atoms with Crippen LogP contribution in [-0.4, -0.2) is 192 Å². The van der Waals surface area contributed by atoms with Crippen LogP contribution in [0, 0.1) is 11.8 Å². The van der Waals surface area contributed by atoms with Gasteiger partial charge in [0.25, 0.3) is 0 Å². The molecule has 9 amide bonds. The highest BCUT2D eigenvalue weighted by atomic mass is 16.5. The molecule has 1 aliphatic carbocycles. The molecule has 16 atom stereocenters. The van der Waals surface area contributed by atoms with E-state index in [0.29, 0.717) is 11.1 Å². The van der Waals surface area contributed by atoms with Crippen LogP contribution in [0.5, 0.6) is 5.75 Å². The molecule has 0 aromatic heterocycles. The number of piperidine rings is 1. The molecule has 3 aliphatic rings. The number of carbonyl (C=O) groups excluding carboxylic acids is 10. The smallest absolute Gasteiger partial charge is 0.329 e. The number of benzene rings is 2. The molecular formula is C55H77N9O17. The van der Waals surface area contributed by atoms with E-state index in [2.05, 4.69) is 31.9 Å². The van der Waals surface area contributed by atoms with Crippen molar-refractivity contribution in [3.63, 3.8) is 0 Å². The number of rotatable bonds is 18. The maximum Gasteiger partial charge on any atom is 0.329 e. The summed E-state index contributed by atoms with van der Waals surface area (Å²) in [5.74, 6) is -12.4. The Kier molecular flexibility index (Phi) is 23.2.